The molecule has 36 heavy (non-hydrogen) atoms. The first-order chi connectivity index (χ1) is 17.4. The quantitative estimate of drug-likeness (QED) is 0.622. The van der Waals surface area contributed by atoms with E-state index in [4.69, 9.17) is 0 Å². The van der Waals surface area contributed by atoms with Gasteiger partial charge in [-0.15, -0.1) is 0 Å². The van der Waals surface area contributed by atoms with Crippen LogP contribution in [0.5, 0.6) is 0 Å². The second-order valence-electron chi connectivity index (χ2n) is 9.99. The Bertz CT molecular complexity index is 1200. The molecule has 9 heteroatoms. The number of nitrogens with zero attached hydrogens (tertiary/aromatic N) is 2. The average molecular weight is 511 g/mol. The molecule has 8 nitrogen and oxygen atoms in total. The fraction of sp³-hybridized carbons (Fsp3) is 0.481. The number of carbonyl (C=O) groups is 2. The summed E-state index contributed by atoms with van der Waals surface area (Å²) in [5, 5.41) is 2.77. The molecule has 0 bridgehead atoms. The minimum atomic E-state index is -3.99. The first-order valence-electron chi connectivity index (χ1n) is 12.9. The molecule has 192 valence electrons. The van der Waals surface area contributed by atoms with Gasteiger partial charge in [-0.1, -0.05) is 49.6 Å². The van der Waals surface area contributed by atoms with Gasteiger partial charge in [-0.25, -0.2) is 8.42 Å². The van der Waals surface area contributed by atoms with E-state index >= 15 is 0 Å². The molecule has 2 aromatic rings. The number of carbonyl (C=O) groups excluding carboxylic acids is 2. The number of aryl methyl sites for hydroxylation is 1. The van der Waals surface area contributed by atoms with Crippen molar-refractivity contribution in [3.8, 4) is 0 Å². The van der Waals surface area contributed by atoms with E-state index in [1.54, 1.807) is 29.2 Å². The Hall–Kier alpha value is -2.75. The minimum absolute atomic E-state index is 0.0745. The van der Waals surface area contributed by atoms with E-state index in [0.717, 1.165) is 18.7 Å². The fourth-order valence-electron chi connectivity index (χ4n) is 5.59. The molecule has 2 aromatic carbocycles. The van der Waals surface area contributed by atoms with Gasteiger partial charge >= 0.3 is 0 Å². The van der Waals surface area contributed by atoms with Crippen molar-refractivity contribution in [3.63, 3.8) is 0 Å². The Labute approximate surface area is 213 Å². The lowest BCUT2D eigenvalue weighted by Gasteiger charge is -2.41. The first kappa shape index (κ1) is 24.9. The Morgan fingerprint density at radius 1 is 0.944 bits per heavy atom. The van der Waals surface area contributed by atoms with E-state index in [0.29, 0.717) is 43.2 Å². The highest BCUT2D eigenvalue weighted by Crippen LogP contribution is 2.28. The third-order valence-corrected chi connectivity index (χ3v) is 9.07. The number of hydrogen-bond donors (Lipinski definition) is 2. The van der Waals surface area contributed by atoms with Gasteiger partial charge in [-0.2, -0.15) is 4.72 Å². The summed E-state index contributed by atoms with van der Waals surface area (Å²) in [5.41, 5.74) is 2.03. The SMILES string of the molecule is O=C1CCc2cc(S(=O)(=O)NC(C(=O)N3CCN(C4CCCCC4)CC3)c3ccccc3)ccc2N1. The van der Waals surface area contributed by atoms with Crippen LogP contribution in [0.25, 0.3) is 0 Å². The molecule has 1 aliphatic carbocycles. The lowest BCUT2D eigenvalue weighted by molar-refractivity contribution is -0.135. The molecule has 0 spiro atoms. The summed E-state index contributed by atoms with van der Waals surface area (Å²) < 4.78 is 29.6. The standard InChI is InChI=1S/C27H34N4O4S/c32-25-14-11-21-19-23(12-13-24(21)28-25)36(34,35)29-26(20-7-3-1-4-8-20)27(33)31-17-15-30(16-18-31)22-9-5-2-6-10-22/h1,3-4,7-8,12-13,19,22,26,29H,2,5-6,9-11,14-18H2,(H,28,32). The zero-order valence-corrected chi connectivity index (χ0v) is 21.3. The molecule has 3 aliphatic rings. The van der Waals surface area contributed by atoms with Crippen molar-refractivity contribution < 1.29 is 18.0 Å². The van der Waals surface area contributed by atoms with Crippen LogP contribution in [0, 0.1) is 0 Å². The molecule has 2 heterocycles. The van der Waals surface area contributed by atoms with Gasteiger partial charge in [0, 0.05) is 44.3 Å². The lowest BCUT2D eigenvalue weighted by Crippen LogP contribution is -2.54. The number of amides is 2. The highest BCUT2D eigenvalue weighted by atomic mass is 32.2. The van der Waals surface area contributed by atoms with Crippen molar-refractivity contribution in [1.29, 1.82) is 0 Å². The number of fused-ring (bicyclic) bond motifs is 1. The highest BCUT2D eigenvalue weighted by molar-refractivity contribution is 7.89. The maximum Gasteiger partial charge on any atom is 0.245 e. The normalized spacial score (nSPS) is 20.4. The maximum atomic E-state index is 13.7. The number of rotatable bonds is 6. The fourth-order valence-corrected chi connectivity index (χ4v) is 6.82. The van der Waals surface area contributed by atoms with Crippen LogP contribution in [-0.4, -0.2) is 62.3 Å². The molecule has 0 radical (unpaired) electrons. The Kier molecular flexibility index (Phi) is 7.41. The monoisotopic (exact) mass is 510 g/mol. The molecule has 1 saturated heterocycles. The van der Waals surface area contributed by atoms with Crippen molar-refractivity contribution in [1.82, 2.24) is 14.5 Å². The van der Waals surface area contributed by atoms with Crippen molar-refractivity contribution in [2.45, 2.75) is 61.9 Å². The van der Waals surface area contributed by atoms with Crippen LogP contribution in [0.2, 0.25) is 0 Å². The number of piperazine rings is 1. The number of anilines is 1. The zero-order valence-electron chi connectivity index (χ0n) is 20.5. The molecule has 1 saturated carbocycles. The van der Waals surface area contributed by atoms with Gasteiger partial charge in [0.2, 0.25) is 21.8 Å². The topological polar surface area (TPSA) is 98.8 Å². The molecular formula is C27H34N4O4S. The van der Waals surface area contributed by atoms with Gasteiger partial charge in [0.25, 0.3) is 0 Å². The smallest absolute Gasteiger partial charge is 0.245 e. The van der Waals surface area contributed by atoms with Gasteiger partial charge in [0.15, 0.2) is 0 Å². The van der Waals surface area contributed by atoms with Crippen LogP contribution in [0.1, 0.15) is 55.7 Å². The molecule has 1 atom stereocenters. The van der Waals surface area contributed by atoms with Crippen molar-refractivity contribution >= 4 is 27.5 Å². The molecule has 2 N–H and O–H groups in total. The summed E-state index contributed by atoms with van der Waals surface area (Å²) in [6.07, 6.45) is 7.12. The van der Waals surface area contributed by atoms with Crippen LogP contribution in [-0.2, 0) is 26.0 Å². The van der Waals surface area contributed by atoms with Crippen LogP contribution in [0.4, 0.5) is 5.69 Å². The van der Waals surface area contributed by atoms with Crippen molar-refractivity contribution in [2.75, 3.05) is 31.5 Å². The number of benzene rings is 2. The summed E-state index contributed by atoms with van der Waals surface area (Å²) >= 11 is 0. The number of nitrogens with one attached hydrogen (secondary N) is 2. The van der Waals surface area contributed by atoms with Gasteiger partial charge in [0.05, 0.1) is 4.90 Å². The molecule has 5 rings (SSSR count). The lowest BCUT2D eigenvalue weighted by atomic mass is 9.94. The molecule has 2 amide bonds. The highest BCUT2D eigenvalue weighted by Gasteiger charge is 2.34. The van der Waals surface area contributed by atoms with Crippen molar-refractivity contribution in [2.24, 2.45) is 0 Å². The van der Waals surface area contributed by atoms with Crippen LogP contribution < -0.4 is 10.0 Å². The largest absolute Gasteiger partial charge is 0.338 e. The summed E-state index contributed by atoms with van der Waals surface area (Å²) in [4.78, 5) is 29.7. The molecule has 1 unspecified atom stereocenters. The third-order valence-electron chi connectivity index (χ3n) is 7.65. The molecule has 2 fully saturated rings. The Balaban J connectivity index is 1.33. The third kappa shape index (κ3) is 5.48. The second kappa shape index (κ2) is 10.7. The predicted octanol–water partition coefficient (Wildman–Crippen LogP) is 3.07. The molecule has 2 aliphatic heterocycles. The zero-order chi connectivity index (χ0) is 25.1. The van der Waals surface area contributed by atoms with Crippen LogP contribution >= 0.6 is 0 Å². The van der Waals surface area contributed by atoms with Crippen LogP contribution in [0.3, 0.4) is 0 Å². The number of sulfonamides is 1. The van der Waals surface area contributed by atoms with Gasteiger partial charge in [-0.3, -0.25) is 14.5 Å². The summed E-state index contributed by atoms with van der Waals surface area (Å²) in [7, 11) is -3.99. The van der Waals surface area contributed by atoms with Gasteiger partial charge in [0.1, 0.15) is 6.04 Å². The average Bonchev–Trinajstić information content (AvgIpc) is 2.92. The van der Waals surface area contributed by atoms with Gasteiger partial charge < -0.3 is 10.2 Å². The maximum absolute atomic E-state index is 13.7. The van der Waals surface area contributed by atoms with Crippen molar-refractivity contribution in [3.05, 3.63) is 59.7 Å². The minimum Gasteiger partial charge on any atom is -0.338 e. The Morgan fingerprint density at radius 3 is 2.39 bits per heavy atom. The van der Waals surface area contributed by atoms with E-state index < -0.39 is 16.1 Å². The second-order valence-corrected chi connectivity index (χ2v) is 11.7. The van der Waals surface area contributed by atoms with E-state index in [-0.39, 0.29) is 16.7 Å². The first-order valence-corrected chi connectivity index (χ1v) is 14.4. The van der Waals surface area contributed by atoms with E-state index in [1.807, 2.05) is 18.2 Å². The Morgan fingerprint density at radius 2 is 1.67 bits per heavy atom. The van der Waals surface area contributed by atoms with E-state index in [9.17, 15) is 18.0 Å². The summed E-state index contributed by atoms with van der Waals surface area (Å²) in [5.74, 6) is -0.298. The molecule has 0 aromatic heterocycles. The van der Waals surface area contributed by atoms with E-state index in [1.165, 1.54) is 38.2 Å². The van der Waals surface area contributed by atoms with E-state index in [2.05, 4.69) is 14.9 Å². The molecular weight excluding hydrogens is 476 g/mol. The summed E-state index contributed by atoms with van der Waals surface area (Å²) in [6, 6.07) is 13.3. The predicted molar refractivity (Wildman–Crippen MR) is 138 cm³/mol. The summed E-state index contributed by atoms with van der Waals surface area (Å²) in [6.45, 7) is 2.83. The van der Waals surface area contributed by atoms with Crippen LogP contribution in [0.15, 0.2) is 53.4 Å². The van der Waals surface area contributed by atoms with Gasteiger partial charge in [-0.05, 0) is 48.6 Å². The number of hydrogen-bond acceptors (Lipinski definition) is 5.